The molecule has 0 radical (unpaired) electrons. The average molecular weight is 200 g/mol. The Balaban J connectivity index is 2.07. The summed E-state index contributed by atoms with van der Waals surface area (Å²) in [4.78, 5) is 4.13. The van der Waals surface area contributed by atoms with Gasteiger partial charge in [0.15, 0.2) is 0 Å². The summed E-state index contributed by atoms with van der Waals surface area (Å²) < 4.78 is 0. The van der Waals surface area contributed by atoms with Crippen LogP contribution >= 0.6 is 11.3 Å². The van der Waals surface area contributed by atoms with Gasteiger partial charge in [-0.05, 0) is 6.42 Å². The lowest BCUT2D eigenvalue weighted by Crippen LogP contribution is -2.26. The van der Waals surface area contributed by atoms with E-state index in [2.05, 4.69) is 17.2 Å². The molecule has 0 bridgehead atoms. The number of aliphatic hydroxyl groups is 1. The van der Waals surface area contributed by atoms with Crippen LogP contribution in [0.15, 0.2) is 11.6 Å². The molecule has 0 saturated carbocycles. The maximum absolute atomic E-state index is 9.40. The van der Waals surface area contributed by atoms with Crippen molar-refractivity contribution < 1.29 is 5.11 Å². The van der Waals surface area contributed by atoms with Crippen LogP contribution in [0.2, 0.25) is 0 Å². The summed E-state index contributed by atoms with van der Waals surface area (Å²) in [6.07, 6.45) is 3.47. The third-order valence-electron chi connectivity index (χ3n) is 1.76. The van der Waals surface area contributed by atoms with Gasteiger partial charge in [-0.25, -0.2) is 4.98 Å². The van der Waals surface area contributed by atoms with Crippen molar-refractivity contribution >= 4 is 11.3 Å². The van der Waals surface area contributed by atoms with E-state index in [0.29, 0.717) is 6.54 Å². The lowest BCUT2D eigenvalue weighted by molar-refractivity contribution is 0.160. The van der Waals surface area contributed by atoms with Crippen LogP contribution in [-0.4, -0.2) is 22.7 Å². The molecule has 1 rings (SSSR count). The molecular formula is C9H16N2OS. The fourth-order valence-corrected chi connectivity index (χ4v) is 1.71. The van der Waals surface area contributed by atoms with Crippen LogP contribution < -0.4 is 5.32 Å². The first-order valence-corrected chi connectivity index (χ1v) is 5.48. The SMILES string of the molecule is CCCC(O)CNCc1nccs1. The Morgan fingerprint density at radius 2 is 2.54 bits per heavy atom. The highest BCUT2D eigenvalue weighted by Gasteiger charge is 2.01. The van der Waals surface area contributed by atoms with Gasteiger partial charge in [0.1, 0.15) is 5.01 Å². The van der Waals surface area contributed by atoms with Crippen LogP contribution in [0.25, 0.3) is 0 Å². The van der Waals surface area contributed by atoms with Crippen molar-refractivity contribution in [1.29, 1.82) is 0 Å². The molecule has 1 unspecified atom stereocenters. The Kier molecular flexibility index (Phi) is 4.97. The summed E-state index contributed by atoms with van der Waals surface area (Å²) >= 11 is 1.63. The van der Waals surface area contributed by atoms with Crippen LogP contribution in [0, 0.1) is 0 Å². The van der Waals surface area contributed by atoms with Gasteiger partial charge in [0, 0.05) is 24.7 Å². The summed E-state index contributed by atoms with van der Waals surface area (Å²) in [5.41, 5.74) is 0. The van der Waals surface area contributed by atoms with Gasteiger partial charge in [0.25, 0.3) is 0 Å². The van der Waals surface area contributed by atoms with Crippen LogP contribution in [0.3, 0.4) is 0 Å². The van der Waals surface area contributed by atoms with Gasteiger partial charge >= 0.3 is 0 Å². The second kappa shape index (κ2) is 6.07. The summed E-state index contributed by atoms with van der Waals surface area (Å²) in [6, 6.07) is 0. The molecule has 0 amide bonds. The van der Waals surface area contributed by atoms with Gasteiger partial charge in [-0.1, -0.05) is 13.3 Å². The summed E-state index contributed by atoms with van der Waals surface area (Å²) in [5, 5.41) is 15.6. The number of hydrogen-bond acceptors (Lipinski definition) is 4. The van der Waals surface area contributed by atoms with E-state index in [1.165, 1.54) is 0 Å². The molecule has 74 valence electrons. The van der Waals surface area contributed by atoms with Crippen molar-refractivity contribution in [2.24, 2.45) is 0 Å². The van der Waals surface area contributed by atoms with Gasteiger partial charge in [-0.15, -0.1) is 11.3 Å². The monoisotopic (exact) mass is 200 g/mol. The number of aromatic nitrogens is 1. The third-order valence-corrected chi connectivity index (χ3v) is 2.54. The molecule has 1 aromatic rings. The van der Waals surface area contributed by atoms with Gasteiger partial charge < -0.3 is 10.4 Å². The van der Waals surface area contributed by atoms with Crippen molar-refractivity contribution in [3.05, 3.63) is 16.6 Å². The Morgan fingerprint density at radius 3 is 3.15 bits per heavy atom. The van der Waals surface area contributed by atoms with Gasteiger partial charge in [0.2, 0.25) is 0 Å². The number of hydrogen-bond donors (Lipinski definition) is 2. The van der Waals surface area contributed by atoms with Gasteiger partial charge in [-0.3, -0.25) is 0 Å². The van der Waals surface area contributed by atoms with Crippen LogP contribution in [-0.2, 0) is 6.54 Å². The van der Waals surface area contributed by atoms with E-state index < -0.39 is 0 Å². The fraction of sp³-hybridized carbons (Fsp3) is 0.667. The maximum Gasteiger partial charge on any atom is 0.106 e. The highest BCUT2D eigenvalue weighted by atomic mass is 32.1. The lowest BCUT2D eigenvalue weighted by atomic mass is 10.2. The minimum absolute atomic E-state index is 0.218. The first-order chi connectivity index (χ1) is 6.33. The predicted molar refractivity (Wildman–Crippen MR) is 54.7 cm³/mol. The Bertz CT molecular complexity index is 213. The molecule has 13 heavy (non-hydrogen) atoms. The molecule has 3 nitrogen and oxygen atoms in total. The summed E-state index contributed by atoms with van der Waals surface area (Å²) in [5.74, 6) is 0. The van der Waals surface area contributed by atoms with E-state index in [9.17, 15) is 5.11 Å². The number of nitrogens with zero attached hydrogens (tertiary/aromatic N) is 1. The molecule has 0 saturated heterocycles. The van der Waals surface area contributed by atoms with Crippen molar-refractivity contribution in [1.82, 2.24) is 10.3 Å². The van der Waals surface area contributed by atoms with Gasteiger partial charge in [-0.2, -0.15) is 0 Å². The molecule has 4 heteroatoms. The topological polar surface area (TPSA) is 45.1 Å². The van der Waals surface area contributed by atoms with E-state index in [0.717, 1.165) is 24.4 Å². The molecule has 2 N–H and O–H groups in total. The smallest absolute Gasteiger partial charge is 0.106 e. The fourth-order valence-electron chi connectivity index (χ4n) is 1.12. The first-order valence-electron chi connectivity index (χ1n) is 4.60. The second-order valence-electron chi connectivity index (χ2n) is 3.00. The van der Waals surface area contributed by atoms with Crippen LogP contribution in [0.4, 0.5) is 0 Å². The van der Waals surface area contributed by atoms with Crippen molar-refractivity contribution in [3.8, 4) is 0 Å². The highest BCUT2D eigenvalue weighted by molar-refractivity contribution is 7.09. The zero-order chi connectivity index (χ0) is 9.52. The molecular weight excluding hydrogens is 184 g/mol. The molecule has 0 aliphatic carbocycles. The third kappa shape index (κ3) is 4.36. The van der Waals surface area contributed by atoms with Crippen LogP contribution in [0.1, 0.15) is 24.8 Å². The predicted octanol–water partition coefficient (Wildman–Crippen LogP) is 1.39. The van der Waals surface area contributed by atoms with E-state index in [4.69, 9.17) is 0 Å². The molecule has 1 heterocycles. The number of thiazole rings is 1. The quantitative estimate of drug-likeness (QED) is 0.729. The van der Waals surface area contributed by atoms with E-state index in [-0.39, 0.29) is 6.10 Å². The molecule has 1 atom stereocenters. The molecule has 0 fully saturated rings. The minimum Gasteiger partial charge on any atom is -0.392 e. The molecule has 0 aliphatic heterocycles. The largest absolute Gasteiger partial charge is 0.392 e. The number of aliphatic hydroxyl groups excluding tert-OH is 1. The number of rotatable bonds is 6. The van der Waals surface area contributed by atoms with Crippen molar-refractivity contribution in [2.45, 2.75) is 32.4 Å². The lowest BCUT2D eigenvalue weighted by Gasteiger charge is -2.08. The second-order valence-corrected chi connectivity index (χ2v) is 3.98. The Labute approximate surface area is 82.8 Å². The number of nitrogens with one attached hydrogen (secondary N) is 1. The van der Waals surface area contributed by atoms with E-state index in [1.54, 1.807) is 17.5 Å². The standard InChI is InChI=1S/C9H16N2OS/c1-2-3-8(12)6-10-7-9-11-4-5-13-9/h4-5,8,10,12H,2-3,6-7H2,1H3. The average Bonchev–Trinajstić information content (AvgIpc) is 2.57. The summed E-state index contributed by atoms with van der Waals surface area (Å²) in [7, 11) is 0. The van der Waals surface area contributed by atoms with Gasteiger partial charge in [0.05, 0.1) is 6.10 Å². The minimum atomic E-state index is -0.218. The summed E-state index contributed by atoms with van der Waals surface area (Å²) in [6.45, 7) is 3.50. The van der Waals surface area contributed by atoms with E-state index >= 15 is 0 Å². The molecule has 0 aliphatic rings. The van der Waals surface area contributed by atoms with Crippen LogP contribution in [0.5, 0.6) is 0 Å². The van der Waals surface area contributed by atoms with Crippen molar-refractivity contribution in [3.63, 3.8) is 0 Å². The zero-order valence-corrected chi connectivity index (χ0v) is 8.68. The zero-order valence-electron chi connectivity index (χ0n) is 7.86. The maximum atomic E-state index is 9.40. The Morgan fingerprint density at radius 1 is 1.69 bits per heavy atom. The Hall–Kier alpha value is -0.450. The molecule has 0 spiro atoms. The molecule has 0 aromatic carbocycles. The first kappa shape index (κ1) is 10.6. The van der Waals surface area contributed by atoms with E-state index in [1.807, 2.05) is 5.38 Å². The normalized spacial score (nSPS) is 13.1. The van der Waals surface area contributed by atoms with Crippen molar-refractivity contribution in [2.75, 3.05) is 6.54 Å². The molecule has 1 aromatic heterocycles. The highest BCUT2D eigenvalue weighted by Crippen LogP contribution is 2.02.